The molecule has 3 amide bonds. The minimum atomic E-state index is -1.20. The topological polar surface area (TPSA) is 52.6 Å². The second kappa shape index (κ2) is 7.38. The first-order chi connectivity index (χ1) is 14.6. The van der Waals surface area contributed by atoms with Crippen molar-refractivity contribution in [1.82, 2.24) is 15.1 Å². The SMILES string of the molecule is C[C@H]1c2ccsc2CCN1CN1C(=O)NC(c2ccccc2)(c2ccccc2)C1=O. The van der Waals surface area contributed by atoms with Crippen LogP contribution < -0.4 is 5.32 Å². The smallest absolute Gasteiger partial charge is 0.315 e. The van der Waals surface area contributed by atoms with E-state index in [1.54, 1.807) is 11.3 Å². The normalized spacial score (nSPS) is 20.8. The number of hydrogen-bond acceptors (Lipinski definition) is 4. The molecule has 0 aliphatic carbocycles. The van der Waals surface area contributed by atoms with Crippen LogP contribution in [0.15, 0.2) is 72.1 Å². The maximum Gasteiger partial charge on any atom is 0.326 e. The first-order valence-corrected chi connectivity index (χ1v) is 11.0. The van der Waals surface area contributed by atoms with Crippen LogP contribution in [0.5, 0.6) is 0 Å². The highest BCUT2D eigenvalue weighted by Crippen LogP contribution is 2.38. The van der Waals surface area contributed by atoms with E-state index in [1.807, 2.05) is 60.7 Å². The second-order valence-corrected chi connectivity index (χ2v) is 8.82. The Morgan fingerprint density at radius 1 is 1.00 bits per heavy atom. The Morgan fingerprint density at radius 2 is 1.63 bits per heavy atom. The van der Waals surface area contributed by atoms with Gasteiger partial charge in [0.15, 0.2) is 5.54 Å². The zero-order chi connectivity index (χ0) is 20.7. The van der Waals surface area contributed by atoms with Gasteiger partial charge in [-0.2, -0.15) is 0 Å². The summed E-state index contributed by atoms with van der Waals surface area (Å²) in [6, 6.07) is 21.0. The molecule has 1 fully saturated rings. The third-order valence-corrected chi connectivity index (χ3v) is 7.24. The number of nitrogens with zero attached hydrogens (tertiary/aromatic N) is 2. The zero-order valence-electron chi connectivity index (χ0n) is 16.7. The van der Waals surface area contributed by atoms with E-state index in [0.29, 0.717) is 0 Å². The molecule has 2 aliphatic heterocycles. The third kappa shape index (κ3) is 2.87. The van der Waals surface area contributed by atoms with Gasteiger partial charge in [0.2, 0.25) is 0 Å². The molecule has 0 spiro atoms. The van der Waals surface area contributed by atoms with Crippen LogP contribution in [0.3, 0.4) is 0 Å². The van der Waals surface area contributed by atoms with E-state index in [1.165, 1.54) is 15.3 Å². The summed E-state index contributed by atoms with van der Waals surface area (Å²) in [5, 5.41) is 5.15. The molecule has 1 aromatic heterocycles. The molecule has 3 heterocycles. The highest BCUT2D eigenvalue weighted by atomic mass is 32.1. The Balaban J connectivity index is 1.50. The maximum atomic E-state index is 13.8. The first-order valence-electron chi connectivity index (χ1n) is 10.2. The molecule has 0 saturated carbocycles. The summed E-state index contributed by atoms with van der Waals surface area (Å²) < 4.78 is 0. The van der Waals surface area contributed by atoms with E-state index < -0.39 is 5.54 Å². The van der Waals surface area contributed by atoms with Crippen molar-refractivity contribution < 1.29 is 9.59 Å². The lowest BCUT2D eigenvalue weighted by Crippen LogP contribution is -2.47. The molecule has 3 aromatic rings. The first kappa shape index (κ1) is 19.0. The van der Waals surface area contributed by atoms with Crippen LogP contribution in [-0.4, -0.2) is 35.0 Å². The van der Waals surface area contributed by atoms with E-state index in [2.05, 4.69) is 28.6 Å². The fourth-order valence-corrected chi connectivity index (χ4v) is 5.54. The number of nitrogens with one attached hydrogen (secondary N) is 1. The van der Waals surface area contributed by atoms with Gasteiger partial charge in [-0.1, -0.05) is 60.7 Å². The van der Waals surface area contributed by atoms with Gasteiger partial charge in [0.1, 0.15) is 0 Å². The molecular formula is C24H23N3O2S. The van der Waals surface area contributed by atoms with Gasteiger partial charge in [0.25, 0.3) is 5.91 Å². The van der Waals surface area contributed by atoms with E-state index in [0.717, 1.165) is 24.1 Å². The molecular weight excluding hydrogens is 394 g/mol. The van der Waals surface area contributed by atoms with Crippen LogP contribution in [0.4, 0.5) is 4.79 Å². The van der Waals surface area contributed by atoms with Crippen molar-refractivity contribution in [3.05, 3.63) is 93.7 Å². The van der Waals surface area contributed by atoms with E-state index in [9.17, 15) is 9.59 Å². The van der Waals surface area contributed by atoms with E-state index in [4.69, 9.17) is 0 Å². The predicted molar refractivity (Wildman–Crippen MR) is 117 cm³/mol. The molecule has 2 aliphatic rings. The van der Waals surface area contributed by atoms with Crippen LogP contribution in [0.1, 0.15) is 34.5 Å². The maximum absolute atomic E-state index is 13.8. The predicted octanol–water partition coefficient (Wildman–Crippen LogP) is 4.12. The molecule has 0 unspecified atom stereocenters. The molecule has 152 valence electrons. The number of rotatable bonds is 4. The number of carbonyl (C=O) groups is 2. The quantitative estimate of drug-likeness (QED) is 0.650. The summed E-state index contributed by atoms with van der Waals surface area (Å²) in [5.74, 6) is -0.229. The van der Waals surface area contributed by atoms with Crippen molar-refractivity contribution in [2.45, 2.75) is 24.9 Å². The van der Waals surface area contributed by atoms with Gasteiger partial charge >= 0.3 is 6.03 Å². The molecule has 1 N–H and O–H groups in total. The third-order valence-electron chi connectivity index (χ3n) is 6.25. The summed E-state index contributed by atoms with van der Waals surface area (Å²) >= 11 is 1.78. The standard InChI is InChI=1S/C24H23N3O2S/c1-17-20-13-15-30-21(20)12-14-26(17)16-27-22(28)24(25-23(27)29,18-8-4-2-5-9-18)19-10-6-3-7-11-19/h2-11,13,15,17H,12,14,16H2,1H3,(H,25,29)/t17-/m0/s1. The summed E-state index contributed by atoms with van der Waals surface area (Å²) in [7, 11) is 0. The summed E-state index contributed by atoms with van der Waals surface area (Å²) in [4.78, 5) is 31.9. The summed E-state index contributed by atoms with van der Waals surface area (Å²) in [6.07, 6.45) is 0.948. The molecule has 0 bridgehead atoms. The minimum absolute atomic E-state index is 0.170. The molecule has 0 radical (unpaired) electrons. The number of hydrogen-bond donors (Lipinski definition) is 1. The number of imide groups is 1. The lowest BCUT2D eigenvalue weighted by atomic mass is 9.83. The molecule has 30 heavy (non-hydrogen) atoms. The number of thiophene rings is 1. The van der Waals surface area contributed by atoms with Crippen LogP contribution >= 0.6 is 11.3 Å². The lowest BCUT2D eigenvalue weighted by Gasteiger charge is -2.35. The highest BCUT2D eigenvalue weighted by molar-refractivity contribution is 7.10. The van der Waals surface area contributed by atoms with E-state index in [-0.39, 0.29) is 24.6 Å². The number of fused-ring (bicyclic) bond motifs is 1. The molecule has 1 saturated heterocycles. The number of amides is 3. The lowest BCUT2D eigenvalue weighted by molar-refractivity contribution is -0.132. The minimum Gasteiger partial charge on any atom is -0.315 e. The number of urea groups is 1. The fraction of sp³-hybridized carbons (Fsp3) is 0.250. The number of carbonyl (C=O) groups excluding carboxylic acids is 2. The molecule has 1 atom stereocenters. The summed E-state index contributed by atoms with van der Waals surface area (Å²) in [6.45, 7) is 3.25. The largest absolute Gasteiger partial charge is 0.326 e. The van der Waals surface area contributed by atoms with Gasteiger partial charge < -0.3 is 5.32 Å². The Morgan fingerprint density at radius 3 is 2.27 bits per heavy atom. The van der Waals surface area contributed by atoms with Crippen molar-refractivity contribution in [3.63, 3.8) is 0 Å². The molecule has 5 rings (SSSR count). The van der Waals surface area contributed by atoms with Gasteiger partial charge in [-0.3, -0.25) is 9.69 Å². The van der Waals surface area contributed by atoms with Crippen LogP contribution in [0.25, 0.3) is 0 Å². The monoisotopic (exact) mass is 417 g/mol. The van der Waals surface area contributed by atoms with Crippen molar-refractivity contribution in [2.24, 2.45) is 0 Å². The van der Waals surface area contributed by atoms with Crippen molar-refractivity contribution >= 4 is 23.3 Å². The molecule has 6 heteroatoms. The Hall–Kier alpha value is -2.96. The Kier molecular flexibility index (Phi) is 4.68. The van der Waals surface area contributed by atoms with Gasteiger partial charge in [0.05, 0.1) is 6.67 Å². The summed E-state index contributed by atoms with van der Waals surface area (Å²) in [5.41, 5.74) is 1.63. The van der Waals surface area contributed by atoms with Crippen LogP contribution in [0, 0.1) is 0 Å². The Labute approximate surface area is 179 Å². The molecule has 5 nitrogen and oxygen atoms in total. The second-order valence-electron chi connectivity index (χ2n) is 7.82. The number of benzene rings is 2. The highest BCUT2D eigenvalue weighted by Gasteiger charge is 2.54. The zero-order valence-corrected chi connectivity index (χ0v) is 17.6. The van der Waals surface area contributed by atoms with Gasteiger partial charge in [0, 0.05) is 17.5 Å². The van der Waals surface area contributed by atoms with E-state index >= 15 is 0 Å². The van der Waals surface area contributed by atoms with Crippen molar-refractivity contribution in [1.29, 1.82) is 0 Å². The molecule has 2 aromatic carbocycles. The van der Waals surface area contributed by atoms with Gasteiger partial charge in [-0.05, 0) is 41.5 Å². The fourth-order valence-electron chi connectivity index (χ4n) is 4.58. The average Bonchev–Trinajstić information content (AvgIpc) is 3.36. The van der Waals surface area contributed by atoms with Gasteiger partial charge in [-0.25, -0.2) is 9.69 Å². The average molecular weight is 418 g/mol. The van der Waals surface area contributed by atoms with Crippen LogP contribution in [0.2, 0.25) is 0 Å². The Bertz CT molecular complexity index is 1040. The van der Waals surface area contributed by atoms with Crippen molar-refractivity contribution in [3.8, 4) is 0 Å². The van der Waals surface area contributed by atoms with Crippen LogP contribution in [-0.2, 0) is 16.8 Å². The van der Waals surface area contributed by atoms with Gasteiger partial charge in [-0.15, -0.1) is 11.3 Å². The van der Waals surface area contributed by atoms with Crippen molar-refractivity contribution in [2.75, 3.05) is 13.2 Å².